The van der Waals surface area contributed by atoms with E-state index in [0.29, 0.717) is 6.42 Å². The third-order valence-corrected chi connectivity index (χ3v) is 4.32. The van der Waals surface area contributed by atoms with E-state index in [1.54, 1.807) is 0 Å². The molecule has 0 fully saturated rings. The van der Waals surface area contributed by atoms with Crippen molar-refractivity contribution in [3.63, 3.8) is 0 Å². The maximum absolute atomic E-state index is 11.4. The van der Waals surface area contributed by atoms with E-state index in [9.17, 15) is 8.42 Å². The van der Waals surface area contributed by atoms with Crippen LogP contribution in [0.15, 0.2) is 24.3 Å². The van der Waals surface area contributed by atoms with E-state index in [-0.39, 0.29) is 17.2 Å². The molecule has 0 radical (unpaired) electrons. The molecule has 3 nitrogen and oxygen atoms in total. The zero-order valence-corrected chi connectivity index (χ0v) is 14.0. The van der Waals surface area contributed by atoms with E-state index >= 15 is 0 Å². The van der Waals surface area contributed by atoms with Crippen molar-refractivity contribution < 1.29 is 8.42 Å². The highest BCUT2D eigenvalue weighted by Gasteiger charge is 2.19. The molecule has 0 aliphatic carbocycles. The molecule has 0 spiro atoms. The highest BCUT2D eigenvalue weighted by Crippen LogP contribution is 2.23. The summed E-state index contributed by atoms with van der Waals surface area (Å²) in [5.41, 5.74) is 2.50. The Hall–Kier alpha value is -0.870. The molecule has 1 rings (SSSR count). The average molecular weight is 297 g/mol. The molecular formula is C16H27NO2S. The Labute approximate surface area is 123 Å². The molecule has 1 unspecified atom stereocenters. The van der Waals surface area contributed by atoms with Crippen molar-refractivity contribution in [2.24, 2.45) is 0 Å². The molecule has 0 aliphatic rings. The van der Waals surface area contributed by atoms with Gasteiger partial charge in [0.25, 0.3) is 0 Å². The quantitative estimate of drug-likeness (QED) is 0.878. The fraction of sp³-hybridized carbons (Fsp3) is 0.625. The van der Waals surface area contributed by atoms with Crippen LogP contribution >= 0.6 is 0 Å². The zero-order valence-electron chi connectivity index (χ0n) is 13.2. The number of nitrogens with one attached hydrogen (secondary N) is 1. The molecule has 114 valence electrons. The number of benzene rings is 1. The third-order valence-electron chi connectivity index (χ3n) is 3.34. The molecule has 0 saturated carbocycles. The predicted octanol–water partition coefficient (Wildman–Crippen LogP) is 2.90. The van der Waals surface area contributed by atoms with Crippen LogP contribution in [0.2, 0.25) is 0 Å². The highest BCUT2D eigenvalue weighted by molar-refractivity contribution is 7.90. The van der Waals surface area contributed by atoms with E-state index in [4.69, 9.17) is 0 Å². The first kappa shape index (κ1) is 17.2. The fourth-order valence-corrected chi connectivity index (χ4v) is 2.91. The standard InChI is InChI=1S/C16H27NO2S/c1-13-8-6-7-9-15(13)14(10-11-20(5,18)19)12-17-16(2,3)4/h6-9,14,17H,10-12H2,1-5H3. The summed E-state index contributed by atoms with van der Waals surface area (Å²) >= 11 is 0. The van der Waals surface area contributed by atoms with Crippen molar-refractivity contribution in [2.45, 2.75) is 45.6 Å². The second kappa shape index (κ2) is 6.72. The molecule has 0 saturated heterocycles. The van der Waals surface area contributed by atoms with Crippen molar-refractivity contribution >= 4 is 9.84 Å². The minimum atomic E-state index is -2.92. The molecule has 1 atom stereocenters. The van der Waals surface area contributed by atoms with Crippen LogP contribution in [0, 0.1) is 6.92 Å². The van der Waals surface area contributed by atoms with Gasteiger partial charge in [-0.15, -0.1) is 0 Å². The van der Waals surface area contributed by atoms with Gasteiger partial charge in [-0.3, -0.25) is 0 Å². The second-order valence-electron chi connectivity index (χ2n) is 6.60. The summed E-state index contributed by atoms with van der Waals surface area (Å²) in [6.07, 6.45) is 1.96. The lowest BCUT2D eigenvalue weighted by molar-refractivity contribution is 0.402. The van der Waals surface area contributed by atoms with Gasteiger partial charge in [0.2, 0.25) is 0 Å². The Morgan fingerprint density at radius 3 is 2.30 bits per heavy atom. The van der Waals surface area contributed by atoms with Crippen LogP contribution in [-0.4, -0.2) is 32.5 Å². The van der Waals surface area contributed by atoms with Crippen LogP contribution in [0.3, 0.4) is 0 Å². The van der Waals surface area contributed by atoms with Crippen LogP contribution in [-0.2, 0) is 9.84 Å². The molecule has 0 aliphatic heterocycles. The molecule has 0 aromatic heterocycles. The number of sulfone groups is 1. The SMILES string of the molecule is Cc1ccccc1C(CCS(C)(=O)=O)CNC(C)(C)C. The molecule has 20 heavy (non-hydrogen) atoms. The van der Waals surface area contributed by atoms with Gasteiger partial charge in [0.1, 0.15) is 9.84 Å². The molecule has 1 aromatic rings. The van der Waals surface area contributed by atoms with Crippen LogP contribution in [0.5, 0.6) is 0 Å². The van der Waals surface area contributed by atoms with Crippen LogP contribution in [0.4, 0.5) is 0 Å². The topological polar surface area (TPSA) is 46.2 Å². The Morgan fingerprint density at radius 1 is 1.20 bits per heavy atom. The summed E-state index contributed by atoms with van der Waals surface area (Å²) in [6, 6.07) is 8.23. The smallest absolute Gasteiger partial charge is 0.147 e. The van der Waals surface area contributed by atoms with Crippen molar-refractivity contribution in [2.75, 3.05) is 18.6 Å². The number of hydrogen-bond acceptors (Lipinski definition) is 3. The molecule has 1 N–H and O–H groups in total. The van der Waals surface area contributed by atoms with Crippen LogP contribution in [0.25, 0.3) is 0 Å². The lowest BCUT2D eigenvalue weighted by Gasteiger charge is -2.26. The maximum Gasteiger partial charge on any atom is 0.147 e. The summed E-state index contributed by atoms with van der Waals surface area (Å²) in [4.78, 5) is 0. The first-order valence-electron chi connectivity index (χ1n) is 7.07. The van der Waals surface area contributed by atoms with Gasteiger partial charge in [0.05, 0.1) is 5.75 Å². The van der Waals surface area contributed by atoms with Gasteiger partial charge in [-0.05, 0) is 51.2 Å². The van der Waals surface area contributed by atoms with Gasteiger partial charge in [-0.1, -0.05) is 24.3 Å². The van der Waals surface area contributed by atoms with E-state index in [1.807, 2.05) is 12.1 Å². The van der Waals surface area contributed by atoms with E-state index in [2.05, 4.69) is 45.1 Å². The van der Waals surface area contributed by atoms with Crippen LogP contribution < -0.4 is 5.32 Å². The van der Waals surface area contributed by atoms with Crippen molar-refractivity contribution in [1.29, 1.82) is 0 Å². The third kappa shape index (κ3) is 6.53. The van der Waals surface area contributed by atoms with Gasteiger partial charge >= 0.3 is 0 Å². The predicted molar refractivity (Wildman–Crippen MR) is 86.0 cm³/mol. The molecule has 0 bridgehead atoms. The molecule has 4 heteroatoms. The van der Waals surface area contributed by atoms with Gasteiger partial charge in [-0.2, -0.15) is 0 Å². The van der Waals surface area contributed by atoms with E-state index in [0.717, 1.165) is 6.54 Å². The van der Waals surface area contributed by atoms with Gasteiger partial charge < -0.3 is 5.32 Å². The largest absolute Gasteiger partial charge is 0.311 e. The molecular weight excluding hydrogens is 270 g/mol. The lowest BCUT2D eigenvalue weighted by atomic mass is 9.91. The zero-order chi connectivity index (χ0) is 15.4. The highest BCUT2D eigenvalue weighted by atomic mass is 32.2. The number of aryl methyl sites for hydroxylation is 1. The Bertz CT molecular complexity index is 530. The molecule has 0 heterocycles. The summed E-state index contributed by atoms with van der Waals surface area (Å²) in [5, 5.41) is 3.49. The number of rotatable bonds is 6. The van der Waals surface area contributed by atoms with Gasteiger partial charge in [0.15, 0.2) is 0 Å². The monoisotopic (exact) mass is 297 g/mol. The number of hydrogen-bond donors (Lipinski definition) is 1. The van der Waals surface area contributed by atoms with Crippen molar-refractivity contribution in [3.8, 4) is 0 Å². The Balaban J connectivity index is 2.87. The fourth-order valence-electron chi connectivity index (χ4n) is 2.20. The van der Waals surface area contributed by atoms with E-state index in [1.165, 1.54) is 17.4 Å². The minimum absolute atomic E-state index is 0.0338. The first-order valence-corrected chi connectivity index (χ1v) is 9.13. The lowest BCUT2D eigenvalue weighted by Crippen LogP contribution is -2.39. The summed E-state index contributed by atoms with van der Waals surface area (Å²) < 4.78 is 22.9. The first-order chi connectivity index (χ1) is 9.08. The molecule has 0 amide bonds. The Morgan fingerprint density at radius 2 is 1.80 bits per heavy atom. The van der Waals surface area contributed by atoms with Crippen molar-refractivity contribution in [1.82, 2.24) is 5.32 Å². The Kier molecular flexibility index (Phi) is 5.78. The summed E-state index contributed by atoms with van der Waals surface area (Å²) in [6.45, 7) is 9.25. The van der Waals surface area contributed by atoms with E-state index < -0.39 is 9.84 Å². The van der Waals surface area contributed by atoms with Gasteiger partial charge in [-0.25, -0.2) is 8.42 Å². The normalized spacial score (nSPS) is 14.2. The second-order valence-corrected chi connectivity index (χ2v) is 8.86. The molecule has 1 aromatic carbocycles. The average Bonchev–Trinajstić information content (AvgIpc) is 2.28. The summed E-state index contributed by atoms with van der Waals surface area (Å²) in [7, 11) is -2.92. The van der Waals surface area contributed by atoms with Crippen molar-refractivity contribution in [3.05, 3.63) is 35.4 Å². The van der Waals surface area contributed by atoms with Crippen LogP contribution in [0.1, 0.15) is 44.2 Å². The maximum atomic E-state index is 11.4. The summed E-state index contributed by atoms with van der Waals surface area (Å²) in [5.74, 6) is 0.461. The minimum Gasteiger partial charge on any atom is -0.311 e. The van der Waals surface area contributed by atoms with Gasteiger partial charge in [0, 0.05) is 18.3 Å².